The number of carbonyl (C=O) groups is 2. The summed E-state index contributed by atoms with van der Waals surface area (Å²) in [6, 6.07) is 17.9. The molecule has 2 heterocycles. The first kappa shape index (κ1) is 23.8. The summed E-state index contributed by atoms with van der Waals surface area (Å²) in [6.07, 6.45) is -0.167. The van der Waals surface area contributed by atoms with E-state index in [1.165, 1.54) is 17.0 Å². The number of sulfonamides is 1. The highest BCUT2D eigenvalue weighted by Gasteiger charge is 2.41. The molecule has 2 amide bonds. The molecule has 1 aromatic heterocycles. The molecule has 7 nitrogen and oxygen atoms in total. The van der Waals surface area contributed by atoms with Gasteiger partial charge in [0.15, 0.2) is 5.17 Å². The first-order chi connectivity index (χ1) is 15.7. The predicted octanol–water partition coefficient (Wildman–Crippen LogP) is 5.28. The molecular weight excluding hydrogens is 525 g/mol. The van der Waals surface area contributed by atoms with Crippen LogP contribution in [0.15, 0.2) is 75.3 Å². The van der Waals surface area contributed by atoms with Crippen molar-refractivity contribution in [1.29, 1.82) is 0 Å². The largest absolute Gasteiger partial charge is 0.326 e. The second kappa shape index (κ2) is 9.86. The topological polar surface area (TPSA) is 95.9 Å². The van der Waals surface area contributed by atoms with E-state index in [2.05, 4.69) is 9.71 Å². The summed E-state index contributed by atoms with van der Waals surface area (Å²) in [4.78, 5) is 27.0. The highest BCUT2D eigenvalue weighted by molar-refractivity contribution is 8.16. The number of thiophene rings is 1. The minimum absolute atomic E-state index is 0.0278. The van der Waals surface area contributed by atoms with Crippen molar-refractivity contribution in [1.82, 2.24) is 0 Å². The second-order valence-electron chi connectivity index (χ2n) is 6.78. The molecular formula is C21H15Cl2N3O4S3. The molecule has 1 atom stereocenters. The van der Waals surface area contributed by atoms with Gasteiger partial charge >= 0.3 is 0 Å². The third-order valence-electron chi connectivity index (χ3n) is 4.45. The van der Waals surface area contributed by atoms with E-state index in [-0.39, 0.29) is 15.8 Å². The van der Waals surface area contributed by atoms with Gasteiger partial charge in [-0.05, 0) is 48.5 Å². The summed E-state index contributed by atoms with van der Waals surface area (Å²) in [6.45, 7) is 0. The van der Waals surface area contributed by atoms with Gasteiger partial charge in [0.2, 0.25) is 11.8 Å². The van der Waals surface area contributed by atoms with Gasteiger partial charge in [-0.1, -0.05) is 53.2 Å². The molecule has 170 valence electrons. The van der Waals surface area contributed by atoms with Crippen molar-refractivity contribution in [2.75, 3.05) is 10.2 Å². The number of anilines is 2. The molecule has 1 N–H and O–H groups in total. The summed E-state index contributed by atoms with van der Waals surface area (Å²) in [5.74, 6) is -0.832. The van der Waals surface area contributed by atoms with E-state index in [1.54, 1.807) is 54.6 Å². The van der Waals surface area contributed by atoms with Gasteiger partial charge in [-0.15, -0.1) is 15.7 Å². The van der Waals surface area contributed by atoms with Crippen LogP contribution >= 0.6 is 46.3 Å². The van der Waals surface area contributed by atoms with Gasteiger partial charge in [0.1, 0.15) is 9.46 Å². The Morgan fingerprint density at radius 3 is 2.36 bits per heavy atom. The maximum absolute atomic E-state index is 13.2. The first-order valence-corrected chi connectivity index (χ1v) is 13.3. The fraction of sp³-hybridized carbons (Fsp3) is 0.0952. The standard InChI is InChI=1S/C21H15Cl2N3O4S3/c22-13-6-8-14(9-7-13)24-18(27)12-16-20(28)26(15-4-2-1-3-5-15)21(31-16)25-33(29,30)19-11-10-17(23)32-19/h1-11,16H,12H2,(H,24,27). The van der Waals surface area contributed by atoms with E-state index in [0.29, 0.717) is 20.7 Å². The first-order valence-electron chi connectivity index (χ1n) is 9.44. The quantitative estimate of drug-likeness (QED) is 0.459. The van der Waals surface area contributed by atoms with Crippen molar-refractivity contribution in [3.05, 3.63) is 76.1 Å². The number of amides is 2. The van der Waals surface area contributed by atoms with Crippen LogP contribution in [0.25, 0.3) is 0 Å². The third kappa shape index (κ3) is 5.59. The smallest absolute Gasteiger partial charge is 0.294 e. The Morgan fingerprint density at radius 1 is 1.03 bits per heavy atom. The normalized spacial score (nSPS) is 17.5. The Kier molecular flexibility index (Phi) is 7.10. The molecule has 4 rings (SSSR count). The van der Waals surface area contributed by atoms with Crippen molar-refractivity contribution in [2.45, 2.75) is 15.9 Å². The molecule has 1 saturated heterocycles. The van der Waals surface area contributed by atoms with Crippen LogP contribution in [0.1, 0.15) is 6.42 Å². The van der Waals surface area contributed by atoms with Crippen LogP contribution in [0.4, 0.5) is 11.4 Å². The number of thioether (sulfide) groups is 1. The van der Waals surface area contributed by atoms with Crippen molar-refractivity contribution in [3.63, 3.8) is 0 Å². The highest BCUT2D eigenvalue weighted by atomic mass is 35.5. The zero-order valence-electron chi connectivity index (χ0n) is 16.6. The Morgan fingerprint density at radius 2 is 1.73 bits per heavy atom. The molecule has 3 aromatic rings. The summed E-state index contributed by atoms with van der Waals surface area (Å²) >= 11 is 13.5. The lowest BCUT2D eigenvalue weighted by atomic mass is 10.2. The van der Waals surface area contributed by atoms with Crippen LogP contribution in [0, 0.1) is 0 Å². The fourth-order valence-electron chi connectivity index (χ4n) is 2.97. The van der Waals surface area contributed by atoms with Crippen LogP contribution in [-0.4, -0.2) is 30.6 Å². The molecule has 0 radical (unpaired) electrons. The summed E-state index contributed by atoms with van der Waals surface area (Å²) < 4.78 is 29.8. The molecule has 0 saturated carbocycles. The highest BCUT2D eigenvalue weighted by Crippen LogP contribution is 2.36. The lowest BCUT2D eigenvalue weighted by Gasteiger charge is -2.16. The number of para-hydroxylation sites is 1. The maximum atomic E-state index is 13.2. The number of benzene rings is 2. The Hall–Kier alpha value is -2.37. The number of rotatable bonds is 6. The van der Waals surface area contributed by atoms with Crippen molar-refractivity contribution in [3.8, 4) is 0 Å². The van der Waals surface area contributed by atoms with E-state index in [0.717, 1.165) is 23.1 Å². The SMILES string of the molecule is O=C(CC1SC(=NS(=O)(=O)c2ccc(Cl)s2)N(c2ccccc2)C1=O)Nc1ccc(Cl)cc1. The molecule has 12 heteroatoms. The number of amidine groups is 1. The number of halogens is 2. The van der Waals surface area contributed by atoms with Crippen molar-refractivity contribution in [2.24, 2.45) is 4.40 Å². The number of nitrogens with zero attached hydrogens (tertiary/aromatic N) is 2. The number of hydrogen-bond donors (Lipinski definition) is 1. The average Bonchev–Trinajstić information content (AvgIpc) is 3.34. The van der Waals surface area contributed by atoms with E-state index < -0.39 is 27.1 Å². The van der Waals surface area contributed by atoms with Gasteiger partial charge < -0.3 is 5.32 Å². The summed E-state index contributed by atoms with van der Waals surface area (Å²) in [5, 5.41) is 2.36. The Balaban J connectivity index is 1.61. The van der Waals surface area contributed by atoms with Crippen molar-refractivity contribution >= 4 is 84.7 Å². The molecule has 0 bridgehead atoms. The minimum atomic E-state index is -4.10. The van der Waals surface area contributed by atoms with Gasteiger partial charge in [0.05, 0.1) is 10.0 Å². The average molecular weight is 540 g/mol. The van der Waals surface area contributed by atoms with Crippen LogP contribution < -0.4 is 10.2 Å². The zero-order valence-corrected chi connectivity index (χ0v) is 20.6. The molecule has 1 fully saturated rings. The summed E-state index contributed by atoms with van der Waals surface area (Å²) in [7, 11) is -4.10. The minimum Gasteiger partial charge on any atom is -0.326 e. The fourth-order valence-corrected chi connectivity index (χ4v) is 6.89. The van der Waals surface area contributed by atoms with Crippen molar-refractivity contribution < 1.29 is 18.0 Å². The second-order valence-corrected chi connectivity index (χ2v) is 11.9. The van der Waals surface area contributed by atoms with Gasteiger partial charge in [0, 0.05) is 17.1 Å². The molecule has 33 heavy (non-hydrogen) atoms. The van der Waals surface area contributed by atoms with Gasteiger partial charge in [-0.25, -0.2) is 0 Å². The van der Waals surface area contributed by atoms with Crippen LogP contribution in [0.2, 0.25) is 9.36 Å². The molecule has 1 aliphatic heterocycles. The van der Waals surface area contributed by atoms with Gasteiger partial charge in [0.25, 0.3) is 10.0 Å². The van der Waals surface area contributed by atoms with Crippen LogP contribution in [0.3, 0.4) is 0 Å². The Labute approximate surface area is 208 Å². The molecule has 1 unspecified atom stereocenters. The molecule has 0 aliphatic carbocycles. The number of carbonyl (C=O) groups excluding carboxylic acids is 2. The van der Waals surface area contributed by atoms with E-state index in [9.17, 15) is 18.0 Å². The maximum Gasteiger partial charge on any atom is 0.294 e. The predicted molar refractivity (Wildman–Crippen MR) is 134 cm³/mol. The van der Waals surface area contributed by atoms with E-state index in [4.69, 9.17) is 23.2 Å². The van der Waals surface area contributed by atoms with Gasteiger partial charge in [-0.2, -0.15) is 8.42 Å². The van der Waals surface area contributed by atoms with Crippen LogP contribution in [-0.2, 0) is 19.6 Å². The van der Waals surface area contributed by atoms with E-state index >= 15 is 0 Å². The number of hydrogen-bond acceptors (Lipinski definition) is 6. The zero-order chi connectivity index (χ0) is 23.6. The third-order valence-corrected chi connectivity index (χ3v) is 8.92. The molecule has 1 aliphatic rings. The molecule has 0 spiro atoms. The summed E-state index contributed by atoms with van der Waals surface area (Å²) in [5.41, 5.74) is 0.986. The lowest BCUT2D eigenvalue weighted by Crippen LogP contribution is -2.33. The van der Waals surface area contributed by atoms with E-state index in [1.807, 2.05) is 0 Å². The monoisotopic (exact) mass is 539 g/mol. The van der Waals surface area contributed by atoms with Crippen LogP contribution in [0.5, 0.6) is 0 Å². The lowest BCUT2D eigenvalue weighted by molar-refractivity contribution is -0.121. The number of nitrogens with one attached hydrogen (secondary N) is 1. The molecule has 2 aromatic carbocycles. The van der Waals surface area contributed by atoms with Gasteiger partial charge in [-0.3, -0.25) is 14.5 Å². The Bertz CT molecular complexity index is 1330.